The molecule has 0 bridgehead atoms. The van der Waals surface area contributed by atoms with E-state index in [1.807, 2.05) is 73.3 Å². The van der Waals surface area contributed by atoms with Crippen molar-refractivity contribution in [2.75, 3.05) is 5.32 Å². The van der Waals surface area contributed by atoms with Gasteiger partial charge in [-0.25, -0.2) is 0 Å². The molecule has 4 rings (SSSR count). The van der Waals surface area contributed by atoms with Gasteiger partial charge in [-0.1, -0.05) is 36.0 Å². The van der Waals surface area contributed by atoms with Gasteiger partial charge in [0, 0.05) is 42.4 Å². The number of hydrogen-bond donors (Lipinski definition) is 1. The van der Waals surface area contributed by atoms with Crippen molar-refractivity contribution in [1.82, 2.24) is 24.5 Å². The summed E-state index contributed by atoms with van der Waals surface area (Å²) in [4.78, 5) is 12.8. The number of aryl methyl sites for hydroxylation is 2. The molecule has 1 atom stereocenters. The predicted octanol–water partition coefficient (Wildman–Crippen LogP) is 4.32. The first-order chi connectivity index (χ1) is 14.5. The molecule has 2 heterocycles. The van der Waals surface area contributed by atoms with Crippen LogP contribution in [0.4, 0.5) is 5.69 Å². The van der Waals surface area contributed by atoms with Crippen LogP contribution in [0.3, 0.4) is 0 Å². The Bertz CT molecular complexity index is 1180. The minimum Gasteiger partial charge on any atom is -0.322 e. The predicted molar refractivity (Wildman–Crippen MR) is 118 cm³/mol. The number of aromatic nitrogens is 5. The Morgan fingerprint density at radius 1 is 1.10 bits per heavy atom. The molecule has 0 aliphatic heterocycles. The summed E-state index contributed by atoms with van der Waals surface area (Å²) in [5.74, 6) is -0.148. The average Bonchev–Trinajstić information content (AvgIpc) is 3.36. The van der Waals surface area contributed by atoms with Gasteiger partial charge in [-0.15, -0.1) is 10.2 Å². The summed E-state index contributed by atoms with van der Waals surface area (Å²) >= 11 is 1.62. The van der Waals surface area contributed by atoms with Crippen molar-refractivity contribution in [3.8, 4) is 11.3 Å². The van der Waals surface area contributed by atoms with Gasteiger partial charge < -0.3 is 9.88 Å². The lowest BCUT2D eigenvalue weighted by molar-refractivity contribution is 0.102. The number of hydrogen-bond acceptors (Lipinski definition) is 5. The number of amides is 1. The third-order valence-electron chi connectivity index (χ3n) is 4.81. The highest BCUT2D eigenvalue weighted by Crippen LogP contribution is 2.34. The van der Waals surface area contributed by atoms with E-state index in [9.17, 15) is 4.79 Å². The Morgan fingerprint density at radius 2 is 1.93 bits per heavy atom. The number of rotatable bonds is 6. The smallest absolute Gasteiger partial charge is 0.255 e. The molecule has 0 aliphatic rings. The van der Waals surface area contributed by atoms with Gasteiger partial charge in [0.15, 0.2) is 5.16 Å². The maximum Gasteiger partial charge on any atom is 0.255 e. The van der Waals surface area contributed by atoms with E-state index in [0.29, 0.717) is 5.56 Å². The molecule has 0 saturated carbocycles. The van der Waals surface area contributed by atoms with Crippen LogP contribution in [0.25, 0.3) is 11.3 Å². The van der Waals surface area contributed by atoms with E-state index in [-0.39, 0.29) is 11.2 Å². The van der Waals surface area contributed by atoms with Crippen LogP contribution in [0.5, 0.6) is 0 Å². The molecule has 0 saturated heterocycles. The van der Waals surface area contributed by atoms with Crippen LogP contribution in [-0.2, 0) is 14.1 Å². The lowest BCUT2D eigenvalue weighted by Gasteiger charge is -2.13. The molecule has 152 valence electrons. The van der Waals surface area contributed by atoms with Crippen molar-refractivity contribution >= 4 is 23.4 Å². The molecule has 1 N–H and O–H groups in total. The quantitative estimate of drug-likeness (QED) is 0.472. The van der Waals surface area contributed by atoms with Gasteiger partial charge in [-0.2, -0.15) is 5.10 Å². The maximum absolute atomic E-state index is 12.8. The number of anilines is 1. The summed E-state index contributed by atoms with van der Waals surface area (Å²) < 4.78 is 3.68. The fourth-order valence-corrected chi connectivity index (χ4v) is 4.06. The highest BCUT2D eigenvalue weighted by atomic mass is 32.2. The molecule has 4 aromatic rings. The molecular weight excluding hydrogens is 396 g/mol. The largest absolute Gasteiger partial charge is 0.322 e. The number of carbonyl (C=O) groups is 1. The second-order valence-electron chi connectivity index (χ2n) is 6.98. The van der Waals surface area contributed by atoms with Crippen molar-refractivity contribution in [2.24, 2.45) is 14.1 Å². The second kappa shape index (κ2) is 8.54. The van der Waals surface area contributed by atoms with Crippen molar-refractivity contribution < 1.29 is 4.79 Å². The number of benzene rings is 2. The van der Waals surface area contributed by atoms with Crippen LogP contribution in [0.2, 0.25) is 0 Å². The zero-order valence-electron chi connectivity index (χ0n) is 17.0. The Morgan fingerprint density at radius 3 is 2.67 bits per heavy atom. The minimum absolute atomic E-state index is 0.148. The van der Waals surface area contributed by atoms with E-state index in [2.05, 4.69) is 27.5 Å². The summed E-state index contributed by atoms with van der Waals surface area (Å²) in [6.07, 6.45) is 3.43. The second-order valence-corrected chi connectivity index (χ2v) is 8.29. The van der Waals surface area contributed by atoms with E-state index >= 15 is 0 Å². The molecule has 0 fully saturated rings. The number of carbonyl (C=O) groups excluding carboxylic acids is 1. The van der Waals surface area contributed by atoms with E-state index in [1.54, 1.807) is 29.0 Å². The summed E-state index contributed by atoms with van der Waals surface area (Å²) in [5.41, 5.74) is 4.37. The molecule has 30 heavy (non-hydrogen) atoms. The van der Waals surface area contributed by atoms with Crippen LogP contribution in [0, 0.1) is 0 Å². The van der Waals surface area contributed by atoms with E-state index in [4.69, 9.17) is 0 Å². The summed E-state index contributed by atoms with van der Waals surface area (Å²) in [6, 6.07) is 17.4. The van der Waals surface area contributed by atoms with Crippen LogP contribution >= 0.6 is 11.8 Å². The topological polar surface area (TPSA) is 77.6 Å². The molecule has 1 amide bonds. The van der Waals surface area contributed by atoms with Gasteiger partial charge in [0.2, 0.25) is 0 Å². The van der Waals surface area contributed by atoms with Crippen molar-refractivity contribution in [3.05, 3.63) is 78.2 Å². The zero-order chi connectivity index (χ0) is 21.1. The average molecular weight is 419 g/mol. The van der Waals surface area contributed by atoms with Crippen molar-refractivity contribution in [2.45, 2.75) is 17.3 Å². The number of nitrogens with one attached hydrogen (secondary N) is 1. The molecule has 2 aromatic carbocycles. The fraction of sp³-hybridized carbons (Fsp3) is 0.182. The molecule has 0 unspecified atom stereocenters. The summed E-state index contributed by atoms with van der Waals surface area (Å²) in [7, 11) is 3.80. The minimum atomic E-state index is -0.148. The Kier molecular flexibility index (Phi) is 5.67. The molecule has 0 spiro atoms. The molecule has 0 radical (unpaired) electrons. The fourth-order valence-electron chi connectivity index (χ4n) is 3.15. The van der Waals surface area contributed by atoms with Crippen molar-refractivity contribution in [1.29, 1.82) is 0 Å². The van der Waals surface area contributed by atoms with E-state index in [0.717, 1.165) is 27.7 Å². The highest BCUT2D eigenvalue weighted by molar-refractivity contribution is 7.99. The molecule has 2 aromatic heterocycles. The maximum atomic E-state index is 12.8. The van der Waals surface area contributed by atoms with Gasteiger partial charge in [0.05, 0.1) is 5.69 Å². The molecule has 0 aliphatic carbocycles. The number of thioether (sulfide) groups is 1. The summed E-state index contributed by atoms with van der Waals surface area (Å²) in [5, 5.41) is 16.3. The monoisotopic (exact) mass is 418 g/mol. The SMILES string of the molecule is C[C@H](Sc1nncn1C)c1cccc(NC(=O)c2cccc(-c3ccnn3C)c2)c1. The van der Waals surface area contributed by atoms with Gasteiger partial charge in [-0.05, 0) is 42.8 Å². The van der Waals surface area contributed by atoms with Crippen LogP contribution in [0.1, 0.15) is 28.1 Å². The first-order valence-corrected chi connectivity index (χ1v) is 10.4. The third-order valence-corrected chi connectivity index (χ3v) is 6.01. The Labute approximate surface area is 179 Å². The van der Waals surface area contributed by atoms with Gasteiger partial charge in [0.25, 0.3) is 5.91 Å². The van der Waals surface area contributed by atoms with E-state index in [1.165, 1.54) is 0 Å². The van der Waals surface area contributed by atoms with Crippen LogP contribution in [-0.4, -0.2) is 30.5 Å². The number of nitrogens with zero attached hydrogens (tertiary/aromatic N) is 5. The normalized spacial score (nSPS) is 12.0. The van der Waals surface area contributed by atoms with E-state index < -0.39 is 0 Å². The van der Waals surface area contributed by atoms with Gasteiger partial charge in [-0.3, -0.25) is 9.48 Å². The standard InChI is InChI=1S/C22H22N6OS/c1-15(30-22-26-23-14-27(22)2)16-6-5-9-19(13-16)25-21(29)18-8-4-7-17(12-18)20-10-11-24-28(20)3/h4-15H,1-3H3,(H,25,29)/t15-/m0/s1. The van der Waals surface area contributed by atoms with Gasteiger partial charge in [0.1, 0.15) is 6.33 Å². The summed E-state index contributed by atoms with van der Waals surface area (Å²) in [6.45, 7) is 2.11. The molecular formula is C22H22N6OS. The Hall–Kier alpha value is -3.39. The van der Waals surface area contributed by atoms with Crippen LogP contribution < -0.4 is 5.32 Å². The zero-order valence-corrected chi connectivity index (χ0v) is 17.8. The highest BCUT2D eigenvalue weighted by Gasteiger charge is 2.13. The van der Waals surface area contributed by atoms with Crippen LogP contribution in [0.15, 0.2) is 72.3 Å². The molecule has 7 nitrogen and oxygen atoms in total. The first kappa shape index (κ1) is 19.9. The Balaban J connectivity index is 1.49. The molecule has 8 heteroatoms. The van der Waals surface area contributed by atoms with Gasteiger partial charge >= 0.3 is 0 Å². The third kappa shape index (κ3) is 4.28. The first-order valence-electron chi connectivity index (χ1n) is 9.51. The lowest BCUT2D eigenvalue weighted by atomic mass is 10.1. The van der Waals surface area contributed by atoms with Crippen molar-refractivity contribution in [3.63, 3.8) is 0 Å². The lowest BCUT2D eigenvalue weighted by Crippen LogP contribution is -2.12.